The normalized spacial score (nSPS) is 11.8. The van der Waals surface area contributed by atoms with Gasteiger partial charge in [-0.1, -0.05) is 6.92 Å². The number of nitrogens with zero attached hydrogens (tertiary/aromatic N) is 3. The molecule has 19 heavy (non-hydrogen) atoms. The average Bonchev–Trinajstić information content (AvgIpc) is 2.86. The van der Waals surface area contributed by atoms with Crippen LogP contribution in [0.1, 0.15) is 18.2 Å². The molecule has 0 unspecified atom stereocenters. The maximum Gasteiger partial charge on any atom is 0.435 e. The van der Waals surface area contributed by atoms with Gasteiger partial charge in [-0.3, -0.25) is 0 Å². The summed E-state index contributed by atoms with van der Waals surface area (Å²) >= 11 is 0. The number of halogens is 3. The van der Waals surface area contributed by atoms with Gasteiger partial charge < -0.3 is 5.32 Å². The molecule has 0 amide bonds. The van der Waals surface area contributed by atoms with Crippen molar-refractivity contribution in [3.63, 3.8) is 0 Å². The quantitative estimate of drug-likeness (QED) is 0.927. The molecule has 0 saturated carbocycles. The summed E-state index contributed by atoms with van der Waals surface area (Å²) in [5.41, 5.74) is 0.0160. The second-order valence-corrected chi connectivity index (χ2v) is 3.95. The molecule has 0 spiro atoms. The minimum absolute atomic E-state index is 0.367. The van der Waals surface area contributed by atoms with E-state index < -0.39 is 11.9 Å². The van der Waals surface area contributed by atoms with Crippen molar-refractivity contribution in [2.24, 2.45) is 0 Å². The molecule has 0 saturated heterocycles. The summed E-state index contributed by atoms with van der Waals surface area (Å²) in [4.78, 5) is 4.02. The zero-order valence-electron chi connectivity index (χ0n) is 10.3. The van der Waals surface area contributed by atoms with Gasteiger partial charge in [0.15, 0.2) is 11.5 Å². The average molecular weight is 270 g/mol. The summed E-state index contributed by atoms with van der Waals surface area (Å²) in [7, 11) is 0. The van der Waals surface area contributed by atoms with Crippen LogP contribution in [0.5, 0.6) is 0 Å². The Kier molecular flexibility index (Phi) is 3.84. The van der Waals surface area contributed by atoms with Crippen LogP contribution in [0.4, 0.5) is 13.2 Å². The first-order valence-corrected chi connectivity index (χ1v) is 5.79. The first-order valence-electron chi connectivity index (χ1n) is 5.79. The Bertz CT molecular complexity index is 548. The van der Waals surface area contributed by atoms with Crippen LogP contribution in [0.15, 0.2) is 30.6 Å². The Labute approximate surface area is 108 Å². The van der Waals surface area contributed by atoms with Crippen LogP contribution in [-0.2, 0) is 12.7 Å². The zero-order chi connectivity index (χ0) is 13.9. The molecular weight excluding hydrogens is 257 g/mol. The van der Waals surface area contributed by atoms with E-state index in [0.29, 0.717) is 12.4 Å². The highest BCUT2D eigenvalue weighted by Crippen LogP contribution is 2.27. The lowest BCUT2D eigenvalue weighted by Crippen LogP contribution is -2.12. The molecule has 0 aliphatic carbocycles. The fraction of sp³-hybridized carbons (Fsp3) is 0.333. The van der Waals surface area contributed by atoms with E-state index >= 15 is 0 Å². The Hall–Kier alpha value is -1.89. The molecule has 0 fully saturated rings. The van der Waals surface area contributed by atoms with Gasteiger partial charge in [0, 0.05) is 18.9 Å². The molecule has 1 N–H and O–H groups in total. The van der Waals surface area contributed by atoms with E-state index in [0.717, 1.165) is 22.9 Å². The van der Waals surface area contributed by atoms with Gasteiger partial charge in [-0.25, -0.2) is 9.67 Å². The molecule has 7 heteroatoms. The highest BCUT2D eigenvalue weighted by molar-refractivity contribution is 5.27. The van der Waals surface area contributed by atoms with Gasteiger partial charge >= 0.3 is 6.18 Å². The number of nitrogens with one attached hydrogen (secondary N) is 1. The molecule has 0 atom stereocenters. The van der Waals surface area contributed by atoms with Gasteiger partial charge in [0.25, 0.3) is 0 Å². The van der Waals surface area contributed by atoms with Crippen LogP contribution < -0.4 is 5.32 Å². The van der Waals surface area contributed by atoms with E-state index in [1.807, 2.05) is 6.92 Å². The van der Waals surface area contributed by atoms with Crippen LogP contribution in [0, 0.1) is 0 Å². The SMILES string of the molecule is CCNCc1ccnc(-n2ccc(C(F)(F)F)n2)c1. The van der Waals surface area contributed by atoms with Crippen LogP contribution in [0.3, 0.4) is 0 Å². The fourth-order valence-electron chi connectivity index (χ4n) is 1.57. The Morgan fingerprint density at radius 2 is 2.11 bits per heavy atom. The second kappa shape index (κ2) is 5.40. The number of aromatic nitrogens is 3. The monoisotopic (exact) mass is 270 g/mol. The number of hydrogen-bond acceptors (Lipinski definition) is 3. The number of rotatable bonds is 4. The fourth-order valence-corrected chi connectivity index (χ4v) is 1.57. The Balaban J connectivity index is 2.24. The van der Waals surface area contributed by atoms with Crippen molar-refractivity contribution in [1.29, 1.82) is 0 Å². The lowest BCUT2D eigenvalue weighted by atomic mass is 10.2. The third kappa shape index (κ3) is 3.31. The standard InChI is InChI=1S/C12H13F3N4/c1-2-16-8-9-3-5-17-11(7-9)19-6-4-10(18-19)12(13,14)15/h3-7,16H,2,8H2,1H3. The summed E-state index contributed by atoms with van der Waals surface area (Å²) < 4.78 is 38.5. The van der Waals surface area contributed by atoms with E-state index in [1.165, 1.54) is 6.20 Å². The van der Waals surface area contributed by atoms with Crippen molar-refractivity contribution in [1.82, 2.24) is 20.1 Å². The van der Waals surface area contributed by atoms with Gasteiger partial charge in [-0.15, -0.1) is 0 Å². The van der Waals surface area contributed by atoms with Crippen molar-refractivity contribution < 1.29 is 13.2 Å². The summed E-state index contributed by atoms with van der Waals surface area (Å²) in [6, 6.07) is 4.44. The van der Waals surface area contributed by atoms with Crippen LogP contribution in [-0.4, -0.2) is 21.3 Å². The molecule has 2 aromatic heterocycles. The molecule has 0 aliphatic heterocycles. The van der Waals surface area contributed by atoms with E-state index in [4.69, 9.17) is 0 Å². The molecule has 0 aliphatic rings. The zero-order valence-corrected chi connectivity index (χ0v) is 10.3. The Morgan fingerprint density at radius 1 is 1.32 bits per heavy atom. The molecule has 2 heterocycles. The number of alkyl halides is 3. The van der Waals surface area contributed by atoms with E-state index in [2.05, 4.69) is 15.4 Å². The number of pyridine rings is 1. The minimum Gasteiger partial charge on any atom is -0.313 e. The van der Waals surface area contributed by atoms with Crippen molar-refractivity contribution in [2.75, 3.05) is 6.54 Å². The maximum absolute atomic E-state index is 12.5. The summed E-state index contributed by atoms with van der Waals surface area (Å²) in [6.45, 7) is 3.43. The number of hydrogen-bond donors (Lipinski definition) is 1. The lowest BCUT2D eigenvalue weighted by molar-refractivity contribution is -0.141. The van der Waals surface area contributed by atoms with Crippen molar-refractivity contribution in [3.8, 4) is 5.82 Å². The van der Waals surface area contributed by atoms with E-state index in [-0.39, 0.29) is 0 Å². The molecule has 2 aromatic rings. The summed E-state index contributed by atoms with van der Waals surface area (Å²) in [5.74, 6) is 0.367. The van der Waals surface area contributed by atoms with E-state index in [9.17, 15) is 13.2 Å². The first kappa shape index (κ1) is 13.5. The first-order chi connectivity index (χ1) is 9.00. The molecule has 0 radical (unpaired) electrons. The van der Waals surface area contributed by atoms with Gasteiger partial charge in [0.05, 0.1) is 0 Å². The molecular formula is C12H13F3N4. The van der Waals surface area contributed by atoms with Crippen LogP contribution >= 0.6 is 0 Å². The van der Waals surface area contributed by atoms with Crippen molar-refractivity contribution in [3.05, 3.63) is 41.9 Å². The largest absolute Gasteiger partial charge is 0.435 e. The smallest absolute Gasteiger partial charge is 0.313 e. The van der Waals surface area contributed by atoms with Gasteiger partial charge in [-0.2, -0.15) is 18.3 Å². The highest BCUT2D eigenvalue weighted by Gasteiger charge is 2.33. The highest BCUT2D eigenvalue weighted by atomic mass is 19.4. The van der Waals surface area contributed by atoms with Crippen LogP contribution in [0.25, 0.3) is 5.82 Å². The lowest BCUT2D eigenvalue weighted by Gasteiger charge is -2.05. The third-order valence-corrected chi connectivity index (χ3v) is 2.50. The van der Waals surface area contributed by atoms with Gasteiger partial charge in [0.2, 0.25) is 0 Å². The van der Waals surface area contributed by atoms with Crippen LogP contribution in [0.2, 0.25) is 0 Å². The third-order valence-electron chi connectivity index (χ3n) is 2.50. The molecule has 0 aromatic carbocycles. The van der Waals surface area contributed by atoms with Gasteiger partial charge in [0.1, 0.15) is 0 Å². The van der Waals surface area contributed by atoms with E-state index in [1.54, 1.807) is 18.3 Å². The second-order valence-electron chi connectivity index (χ2n) is 3.95. The maximum atomic E-state index is 12.5. The minimum atomic E-state index is -4.44. The molecule has 4 nitrogen and oxygen atoms in total. The predicted octanol–water partition coefficient (Wildman–Crippen LogP) is 2.40. The predicted molar refractivity (Wildman–Crippen MR) is 63.7 cm³/mol. The molecule has 102 valence electrons. The topological polar surface area (TPSA) is 42.7 Å². The van der Waals surface area contributed by atoms with Crippen molar-refractivity contribution in [2.45, 2.75) is 19.6 Å². The summed E-state index contributed by atoms with van der Waals surface area (Å²) in [5, 5.41) is 6.62. The van der Waals surface area contributed by atoms with Gasteiger partial charge in [-0.05, 0) is 30.3 Å². The summed E-state index contributed by atoms with van der Waals surface area (Å²) in [6.07, 6.45) is -1.63. The Morgan fingerprint density at radius 3 is 2.74 bits per heavy atom. The molecule has 2 rings (SSSR count). The van der Waals surface area contributed by atoms with Crippen molar-refractivity contribution >= 4 is 0 Å². The molecule has 0 bridgehead atoms.